The third-order valence-electron chi connectivity index (χ3n) is 4.17. The van der Waals surface area contributed by atoms with Gasteiger partial charge in [0.25, 0.3) is 0 Å². The maximum atomic E-state index is 12.6. The number of carbonyl (C=O) groups is 1. The summed E-state index contributed by atoms with van der Waals surface area (Å²) in [5.41, 5.74) is 2.65. The van der Waals surface area contributed by atoms with Crippen molar-refractivity contribution < 1.29 is 9.53 Å². The molecule has 1 aliphatic rings. The minimum absolute atomic E-state index is 0.00406. The number of aromatic nitrogens is 1. The number of Topliss-reactive ketones (excluding diaryl/α,β-unsaturated/α-hetero) is 1. The van der Waals surface area contributed by atoms with Crippen molar-refractivity contribution in [1.29, 1.82) is 0 Å². The smallest absolute Gasteiger partial charge is 0.177 e. The Bertz CT molecular complexity index is 710. The molecule has 0 radical (unpaired) electrons. The van der Waals surface area contributed by atoms with E-state index in [9.17, 15) is 4.79 Å². The Morgan fingerprint density at radius 1 is 1.22 bits per heavy atom. The van der Waals surface area contributed by atoms with E-state index in [1.165, 1.54) is 0 Å². The van der Waals surface area contributed by atoms with Crippen LogP contribution in [0.3, 0.4) is 0 Å². The lowest BCUT2D eigenvalue weighted by molar-refractivity contribution is -0.116. The van der Waals surface area contributed by atoms with Crippen LogP contribution < -0.4 is 4.74 Å². The number of alkyl halides is 1. The fourth-order valence-electron chi connectivity index (χ4n) is 2.88. The Kier molecular flexibility index (Phi) is 4.77. The third-order valence-corrected chi connectivity index (χ3v) is 4.67. The number of methoxy groups -OCH3 is 1. The van der Waals surface area contributed by atoms with E-state index in [1.807, 2.05) is 48.5 Å². The van der Waals surface area contributed by atoms with Gasteiger partial charge < -0.3 is 4.74 Å². The van der Waals surface area contributed by atoms with E-state index in [1.54, 1.807) is 13.3 Å². The minimum Gasteiger partial charge on any atom is -0.497 e. The predicted octanol–water partition coefficient (Wildman–Crippen LogP) is 4.23. The van der Waals surface area contributed by atoms with E-state index in [0.717, 1.165) is 35.4 Å². The lowest BCUT2D eigenvalue weighted by atomic mass is 9.81. The molecule has 2 atom stereocenters. The highest BCUT2D eigenvalue weighted by atomic mass is 35.5. The molecule has 0 bridgehead atoms. The Morgan fingerprint density at radius 2 is 2.00 bits per heavy atom. The molecule has 1 aliphatic carbocycles. The molecule has 4 heteroatoms. The minimum atomic E-state index is -0.553. The Labute approximate surface area is 141 Å². The summed E-state index contributed by atoms with van der Waals surface area (Å²) in [7, 11) is 1.63. The topological polar surface area (TPSA) is 39.2 Å². The van der Waals surface area contributed by atoms with Crippen LogP contribution in [-0.2, 0) is 4.79 Å². The maximum Gasteiger partial charge on any atom is 0.177 e. The largest absolute Gasteiger partial charge is 0.497 e. The summed E-state index contributed by atoms with van der Waals surface area (Å²) >= 11 is 6.43. The molecule has 23 heavy (non-hydrogen) atoms. The number of hydrogen-bond acceptors (Lipinski definition) is 3. The second-order valence-corrected chi connectivity index (χ2v) is 6.08. The van der Waals surface area contributed by atoms with Gasteiger partial charge in [-0.2, -0.15) is 0 Å². The average Bonchev–Trinajstić information content (AvgIpc) is 2.60. The van der Waals surface area contributed by atoms with E-state index >= 15 is 0 Å². The highest BCUT2D eigenvalue weighted by Crippen LogP contribution is 2.36. The van der Waals surface area contributed by atoms with Gasteiger partial charge in [-0.3, -0.25) is 9.78 Å². The van der Waals surface area contributed by atoms with E-state index in [-0.39, 0.29) is 11.7 Å². The maximum absolute atomic E-state index is 12.6. The number of carbonyl (C=O) groups excluding carboxylic acids is 1. The van der Waals surface area contributed by atoms with Crippen molar-refractivity contribution in [2.24, 2.45) is 0 Å². The quantitative estimate of drug-likeness (QED) is 0.625. The van der Waals surface area contributed by atoms with Crippen LogP contribution in [0.4, 0.5) is 0 Å². The van der Waals surface area contributed by atoms with E-state index in [4.69, 9.17) is 16.3 Å². The lowest BCUT2D eigenvalue weighted by Crippen LogP contribution is -2.30. The zero-order valence-corrected chi connectivity index (χ0v) is 13.7. The monoisotopic (exact) mass is 327 g/mol. The normalized spacial score (nSPS) is 23.0. The molecule has 3 rings (SSSR count). The highest BCUT2D eigenvalue weighted by Gasteiger charge is 2.34. The Balaban J connectivity index is 1.79. The Hall–Kier alpha value is -2.13. The van der Waals surface area contributed by atoms with Gasteiger partial charge in [0.2, 0.25) is 0 Å². The number of hydrogen-bond donors (Lipinski definition) is 0. The van der Waals surface area contributed by atoms with Gasteiger partial charge in [-0.15, -0.1) is 11.6 Å². The molecule has 0 aliphatic heterocycles. The van der Waals surface area contributed by atoms with Gasteiger partial charge in [-0.1, -0.05) is 18.2 Å². The molecule has 0 N–H and O–H groups in total. The zero-order valence-electron chi connectivity index (χ0n) is 12.9. The molecule has 0 amide bonds. The first-order valence-corrected chi connectivity index (χ1v) is 8.06. The standard InChI is InChI=1S/C19H18ClNO2/c1-23-15-8-5-13(6-9-15)12-14-7-10-16(18(20)19(14)22)17-4-2-3-11-21-17/h2-6,8-9,11-12,16,18H,7,10H2,1H3. The van der Waals surface area contributed by atoms with E-state index < -0.39 is 5.38 Å². The molecule has 0 saturated heterocycles. The van der Waals surface area contributed by atoms with Gasteiger partial charge in [0.05, 0.1) is 7.11 Å². The van der Waals surface area contributed by atoms with Gasteiger partial charge in [-0.25, -0.2) is 0 Å². The van der Waals surface area contributed by atoms with Crippen LogP contribution in [0.2, 0.25) is 0 Å². The SMILES string of the molecule is COc1ccc(C=C2CCC(c3ccccn3)C(Cl)C2=O)cc1. The average molecular weight is 328 g/mol. The molecule has 3 nitrogen and oxygen atoms in total. The first-order valence-electron chi connectivity index (χ1n) is 7.63. The van der Waals surface area contributed by atoms with Crippen molar-refractivity contribution in [2.45, 2.75) is 24.1 Å². The van der Waals surface area contributed by atoms with Crippen molar-refractivity contribution in [1.82, 2.24) is 4.98 Å². The van der Waals surface area contributed by atoms with Gasteiger partial charge in [0.1, 0.15) is 11.1 Å². The number of ketones is 1. The summed E-state index contributed by atoms with van der Waals surface area (Å²) in [5.74, 6) is 0.787. The van der Waals surface area contributed by atoms with Gasteiger partial charge in [0.15, 0.2) is 5.78 Å². The highest BCUT2D eigenvalue weighted by molar-refractivity contribution is 6.35. The van der Waals surface area contributed by atoms with Gasteiger partial charge >= 0.3 is 0 Å². The number of rotatable bonds is 3. The number of benzene rings is 1. The molecule has 1 aromatic heterocycles. The van der Waals surface area contributed by atoms with Gasteiger partial charge in [0, 0.05) is 17.8 Å². The first kappa shape index (κ1) is 15.8. The number of pyridine rings is 1. The van der Waals surface area contributed by atoms with Crippen molar-refractivity contribution >= 4 is 23.5 Å². The number of halogens is 1. The van der Waals surface area contributed by atoms with Crippen LogP contribution in [0, 0.1) is 0 Å². The summed E-state index contributed by atoms with van der Waals surface area (Å²) in [6.45, 7) is 0. The van der Waals surface area contributed by atoms with E-state index in [0.29, 0.717) is 0 Å². The summed E-state index contributed by atoms with van der Waals surface area (Å²) < 4.78 is 5.14. The number of ether oxygens (including phenoxy) is 1. The summed E-state index contributed by atoms with van der Waals surface area (Å²) in [6.07, 6.45) is 5.21. The second kappa shape index (κ2) is 6.97. The summed E-state index contributed by atoms with van der Waals surface area (Å²) in [4.78, 5) is 16.9. The second-order valence-electron chi connectivity index (χ2n) is 5.61. The summed E-state index contributed by atoms with van der Waals surface area (Å²) in [5, 5.41) is -0.553. The number of nitrogens with zero attached hydrogens (tertiary/aromatic N) is 1. The van der Waals surface area contributed by atoms with Crippen molar-refractivity contribution in [3.05, 3.63) is 65.5 Å². The molecular formula is C19H18ClNO2. The van der Waals surface area contributed by atoms with E-state index in [2.05, 4.69) is 4.98 Å². The molecule has 2 unspecified atom stereocenters. The molecule has 0 spiro atoms. The first-order chi connectivity index (χ1) is 11.2. The van der Waals surface area contributed by atoms with Crippen LogP contribution >= 0.6 is 11.6 Å². The molecule has 2 aromatic rings. The van der Waals surface area contributed by atoms with Crippen molar-refractivity contribution in [3.63, 3.8) is 0 Å². The number of allylic oxidation sites excluding steroid dienone is 1. The lowest BCUT2D eigenvalue weighted by Gasteiger charge is -2.27. The van der Waals surface area contributed by atoms with Crippen molar-refractivity contribution in [3.8, 4) is 5.75 Å². The molecule has 1 aromatic carbocycles. The van der Waals surface area contributed by atoms with Gasteiger partial charge in [-0.05, 0) is 54.3 Å². The molecule has 1 heterocycles. The molecule has 1 saturated carbocycles. The van der Waals surface area contributed by atoms with Crippen LogP contribution in [0.5, 0.6) is 5.75 Å². The zero-order chi connectivity index (χ0) is 16.2. The molecule has 1 fully saturated rings. The fraction of sp³-hybridized carbons (Fsp3) is 0.263. The predicted molar refractivity (Wildman–Crippen MR) is 91.8 cm³/mol. The molecule has 118 valence electrons. The van der Waals surface area contributed by atoms with Crippen LogP contribution in [0.1, 0.15) is 30.0 Å². The Morgan fingerprint density at radius 3 is 2.65 bits per heavy atom. The van der Waals surface area contributed by atoms with Crippen LogP contribution in [0.25, 0.3) is 6.08 Å². The fourth-order valence-corrected chi connectivity index (χ4v) is 3.27. The van der Waals surface area contributed by atoms with Crippen LogP contribution in [0.15, 0.2) is 54.2 Å². The summed E-state index contributed by atoms with van der Waals surface area (Å²) in [6, 6.07) is 13.4. The molecular weight excluding hydrogens is 310 g/mol. The van der Waals surface area contributed by atoms with Crippen LogP contribution in [-0.4, -0.2) is 23.3 Å². The third kappa shape index (κ3) is 3.45. The van der Waals surface area contributed by atoms with Crippen molar-refractivity contribution in [2.75, 3.05) is 7.11 Å².